The molecule has 1 heterocycles. The van der Waals surface area contributed by atoms with Gasteiger partial charge in [-0.05, 0) is 54.8 Å². The predicted octanol–water partition coefficient (Wildman–Crippen LogP) is 4.97. The van der Waals surface area contributed by atoms with Gasteiger partial charge in [-0.2, -0.15) is 0 Å². The third kappa shape index (κ3) is 7.05. The lowest BCUT2D eigenvalue weighted by Gasteiger charge is -2.13. The van der Waals surface area contributed by atoms with Gasteiger partial charge in [-0.25, -0.2) is 22.2 Å². The monoisotopic (exact) mass is 536 g/mol. The molecule has 1 aliphatic carbocycles. The van der Waals surface area contributed by atoms with Crippen molar-refractivity contribution in [1.82, 2.24) is 10.3 Å². The number of nitrogens with one attached hydrogen (secondary N) is 2. The van der Waals surface area contributed by atoms with Crippen molar-refractivity contribution in [2.45, 2.75) is 25.9 Å². The molecular weight excluding hydrogens is 510 g/mol. The first-order valence-corrected chi connectivity index (χ1v) is 13.6. The first-order valence-electron chi connectivity index (χ1n) is 11.5. The summed E-state index contributed by atoms with van der Waals surface area (Å²) in [5, 5.41) is 2.82. The van der Waals surface area contributed by atoms with Crippen LogP contribution < -0.4 is 20.5 Å². The van der Waals surface area contributed by atoms with Crippen molar-refractivity contribution in [2.75, 3.05) is 29.3 Å². The zero-order chi connectivity index (χ0) is 25.7. The normalized spacial score (nSPS) is 13.5. The van der Waals surface area contributed by atoms with Crippen LogP contribution in [0.25, 0.3) is 11.1 Å². The molecule has 7 nitrogen and oxygen atoms in total. The number of anilines is 2. The van der Waals surface area contributed by atoms with E-state index < -0.39 is 21.7 Å². The molecule has 0 aliphatic heterocycles. The van der Waals surface area contributed by atoms with Gasteiger partial charge in [-0.15, -0.1) is 0 Å². The summed E-state index contributed by atoms with van der Waals surface area (Å²) in [7, 11) is -3.48. The fourth-order valence-corrected chi connectivity index (χ4v) is 4.80. The summed E-state index contributed by atoms with van der Waals surface area (Å²) in [6.07, 6.45) is 5.19. The number of hydrogen-bond donors (Lipinski definition) is 3. The van der Waals surface area contributed by atoms with Crippen LogP contribution in [-0.2, 0) is 16.6 Å². The summed E-state index contributed by atoms with van der Waals surface area (Å²) in [6, 6.07) is 10.3. The molecule has 4 rings (SSSR count). The molecule has 1 saturated carbocycles. The first-order chi connectivity index (χ1) is 17.2. The summed E-state index contributed by atoms with van der Waals surface area (Å²) in [6.45, 7) is 0.888. The Labute approximate surface area is 214 Å². The highest BCUT2D eigenvalue weighted by Crippen LogP contribution is 2.32. The van der Waals surface area contributed by atoms with E-state index in [-0.39, 0.29) is 34.5 Å². The highest BCUT2D eigenvalue weighted by Gasteiger charge is 2.20. The molecule has 4 N–H and O–H groups in total. The Hall–Kier alpha value is -2.95. The number of nitrogens with two attached hydrogens (primary N) is 1. The zero-order valence-corrected chi connectivity index (χ0v) is 21.0. The van der Waals surface area contributed by atoms with Crippen LogP contribution in [0.5, 0.6) is 5.75 Å². The number of sulfonamides is 1. The van der Waals surface area contributed by atoms with Gasteiger partial charge in [0.2, 0.25) is 10.0 Å². The Morgan fingerprint density at radius 1 is 1.06 bits per heavy atom. The summed E-state index contributed by atoms with van der Waals surface area (Å²) in [5.41, 5.74) is 7.57. The lowest BCUT2D eigenvalue weighted by molar-refractivity contribution is 0.300. The standard InChI is InChI=1S/C25H27ClF2N4O3S/c26-24-20(21(27)7-8-22(24)28)15-35-23-13-18(14-31-25(23)29)17-3-5-19(6-4-17)32-36(33,34)12-11-30-10-9-16-1-2-16/h3-8,13-14,16,30,32H,1-2,9-12,15H2,(H2,29,31). The minimum absolute atomic E-state index is 0.0159. The molecule has 2 aromatic carbocycles. The van der Waals surface area contributed by atoms with E-state index in [2.05, 4.69) is 15.0 Å². The molecule has 3 aromatic rings. The second-order valence-electron chi connectivity index (χ2n) is 8.70. The molecule has 0 saturated heterocycles. The Balaban J connectivity index is 1.37. The van der Waals surface area contributed by atoms with Crippen molar-refractivity contribution in [3.8, 4) is 16.9 Å². The topological polar surface area (TPSA) is 106 Å². The van der Waals surface area contributed by atoms with E-state index >= 15 is 0 Å². The fourth-order valence-electron chi connectivity index (χ4n) is 3.59. The first kappa shape index (κ1) is 26.1. The molecule has 0 atom stereocenters. The quantitative estimate of drug-likeness (QED) is 0.223. The van der Waals surface area contributed by atoms with E-state index in [9.17, 15) is 17.2 Å². The minimum Gasteiger partial charge on any atom is -0.485 e. The number of nitrogens with zero attached hydrogens (tertiary/aromatic N) is 1. The van der Waals surface area contributed by atoms with Crippen LogP contribution in [0.1, 0.15) is 24.8 Å². The van der Waals surface area contributed by atoms with Crippen molar-refractivity contribution in [3.63, 3.8) is 0 Å². The molecule has 1 aliphatic rings. The zero-order valence-electron chi connectivity index (χ0n) is 19.4. The van der Waals surface area contributed by atoms with Crippen molar-refractivity contribution < 1.29 is 21.9 Å². The van der Waals surface area contributed by atoms with Crippen molar-refractivity contribution in [2.24, 2.45) is 5.92 Å². The third-order valence-electron chi connectivity index (χ3n) is 5.86. The molecule has 1 aromatic heterocycles. The van der Waals surface area contributed by atoms with Crippen molar-refractivity contribution >= 4 is 33.1 Å². The van der Waals surface area contributed by atoms with E-state index in [4.69, 9.17) is 22.1 Å². The Morgan fingerprint density at radius 2 is 1.78 bits per heavy atom. The largest absolute Gasteiger partial charge is 0.485 e. The number of aromatic nitrogens is 1. The van der Waals surface area contributed by atoms with Gasteiger partial charge in [0.15, 0.2) is 11.6 Å². The van der Waals surface area contributed by atoms with Crippen molar-refractivity contribution in [1.29, 1.82) is 0 Å². The van der Waals surface area contributed by atoms with Gasteiger partial charge in [0.05, 0.1) is 10.8 Å². The van der Waals surface area contributed by atoms with Gasteiger partial charge < -0.3 is 15.8 Å². The molecule has 11 heteroatoms. The number of benzene rings is 2. The smallest absolute Gasteiger partial charge is 0.233 e. The highest BCUT2D eigenvalue weighted by atomic mass is 35.5. The number of halogens is 3. The summed E-state index contributed by atoms with van der Waals surface area (Å²) < 4.78 is 60.6. The summed E-state index contributed by atoms with van der Waals surface area (Å²) in [4.78, 5) is 4.11. The van der Waals surface area contributed by atoms with Crippen molar-refractivity contribution in [3.05, 3.63) is 70.9 Å². The molecule has 36 heavy (non-hydrogen) atoms. The number of ether oxygens (including phenoxy) is 1. The molecule has 0 amide bonds. The molecular formula is C25H27ClF2N4O3S. The maximum absolute atomic E-state index is 14.0. The Kier molecular flexibility index (Phi) is 8.28. The third-order valence-corrected chi connectivity index (χ3v) is 7.56. The van der Waals surface area contributed by atoms with E-state index in [0.29, 0.717) is 17.8 Å². The number of pyridine rings is 1. The van der Waals surface area contributed by atoms with Crippen LogP contribution in [-0.4, -0.2) is 32.2 Å². The SMILES string of the molecule is Nc1ncc(-c2ccc(NS(=O)(=O)CCNCCC3CC3)cc2)cc1OCc1c(F)ccc(F)c1Cl. The average Bonchev–Trinajstić information content (AvgIpc) is 3.67. The van der Waals surface area contributed by atoms with Gasteiger partial charge in [0.25, 0.3) is 0 Å². The van der Waals surface area contributed by atoms with Crippen LogP contribution in [0.3, 0.4) is 0 Å². The fraction of sp³-hybridized carbons (Fsp3) is 0.320. The lowest BCUT2D eigenvalue weighted by atomic mass is 10.1. The van der Waals surface area contributed by atoms with Gasteiger partial charge in [-0.1, -0.05) is 36.6 Å². The number of nitrogen functional groups attached to an aromatic ring is 1. The van der Waals surface area contributed by atoms with Crippen LogP contribution >= 0.6 is 11.6 Å². The Morgan fingerprint density at radius 3 is 2.50 bits per heavy atom. The summed E-state index contributed by atoms with van der Waals surface area (Å²) in [5.74, 6) is -0.418. The molecule has 0 bridgehead atoms. The molecule has 1 fully saturated rings. The van der Waals surface area contributed by atoms with Crippen LogP contribution in [0.15, 0.2) is 48.7 Å². The minimum atomic E-state index is -3.48. The second kappa shape index (κ2) is 11.4. The molecule has 0 unspecified atom stereocenters. The van der Waals surface area contributed by atoms with E-state index in [1.54, 1.807) is 30.3 Å². The number of rotatable bonds is 12. The molecule has 0 radical (unpaired) electrons. The lowest BCUT2D eigenvalue weighted by Crippen LogP contribution is -2.27. The number of hydrogen-bond acceptors (Lipinski definition) is 6. The molecule has 192 valence electrons. The van der Waals surface area contributed by atoms with Gasteiger partial charge >= 0.3 is 0 Å². The van der Waals surface area contributed by atoms with Crippen LogP contribution in [0, 0.1) is 17.6 Å². The molecule has 0 spiro atoms. The summed E-state index contributed by atoms with van der Waals surface area (Å²) >= 11 is 5.85. The van der Waals surface area contributed by atoms with Gasteiger partial charge in [-0.3, -0.25) is 4.72 Å². The maximum atomic E-state index is 14.0. The van der Waals surface area contributed by atoms with E-state index in [0.717, 1.165) is 36.6 Å². The predicted molar refractivity (Wildman–Crippen MR) is 137 cm³/mol. The maximum Gasteiger partial charge on any atom is 0.233 e. The van der Waals surface area contributed by atoms with Gasteiger partial charge in [0, 0.05) is 29.6 Å². The van der Waals surface area contributed by atoms with Crippen LogP contribution in [0.4, 0.5) is 20.3 Å². The average molecular weight is 537 g/mol. The van der Waals surface area contributed by atoms with Gasteiger partial charge in [0.1, 0.15) is 18.2 Å². The van der Waals surface area contributed by atoms with E-state index in [1.807, 2.05) is 0 Å². The highest BCUT2D eigenvalue weighted by molar-refractivity contribution is 7.92. The Bertz CT molecular complexity index is 1320. The van der Waals surface area contributed by atoms with Crippen LogP contribution in [0.2, 0.25) is 5.02 Å². The van der Waals surface area contributed by atoms with E-state index in [1.165, 1.54) is 19.0 Å². The second-order valence-corrected chi connectivity index (χ2v) is 10.9.